The van der Waals surface area contributed by atoms with E-state index in [1.54, 1.807) is 0 Å². The number of anilines is 1. The van der Waals surface area contributed by atoms with Crippen molar-refractivity contribution in [2.75, 3.05) is 4.90 Å². The van der Waals surface area contributed by atoms with E-state index in [-0.39, 0.29) is 0 Å². The fourth-order valence-electron chi connectivity index (χ4n) is 1.39. The second kappa shape index (κ2) is 3.53. The summed E-state index contributed by atoms with van der Waals surface area (Å²) in [6.45, 7) is 0. The Morgan fingerprint density at radius 2 is 1.86 bits per heavy atom. The van der Waals surface area contributed by atoms with Gasteiger partial charge in [-0.3, -0.25) is 4.90 Å². The standard InChI is InChI=1S/C9H10N2O2S/c12-7-8(13)11(9(14)10-7)6-4-2-1-3-5-6/h1-5,7-8,12-13H,(H,10,14)/t7-,8+/m0/s1. The second-order valence-corrected chi connectivity index (χ2v) is 3.40. The Morgan fingerprint density at radius 1 is 1.21 bits per heavy atom. The molecule has 14 heavy (non-hydrogen) atoms. The number of nitrogens with zero attached hydrogens (tertiary/aromatic N) is 1. The number of benzene rings is 1. The molecule has 0 unspecified atom stereocenters. The Balaban J connectivity index is 2.31. The van der Waals surface area contributed by atoms with Gasteiger partial charge < -0.3 is 15.5 Å². The van der Waals surface area contributed by atoms with E-state index in [1.807, 2.05) is 30.3 Å². The SMILES string of the molecule is O[C@@H]1NC(=S)N(c2ccccc2)[C@@H]1O. The van der Waals surface area contributed by atoms with Crippen molar-refractivity contribution < 1.29 is 10.2 Å². The molecule has 0 amide bonds. The molecule has 3 N–H and O–H groups in total. The second-order valence-electron chi connectivity index (χ2n) is 3.01. The predicted molar refractivity (Wildman–Crippen MR) is 56.7 cm³/mol. The van der Waals surface area contributed by atoms with Crippen LogP contribution in [0.3, 0.4) is 0 Å². The third-order valence-electron chi connectivity index (χ3n) is 2.07. The summed E-state index contributed by atoms with van der Waals surface area (Å²) in [6.07, 6.45) is -2.05. The van der Waals surface area contributed by atoms with Crippen LogP contribution in [0.25, 0.3) is 0 Å². The summed E-state index contributed by atoms with van der Waals surface area (Å²) in [4.78, 5) is 1.47. The number of nitrogens with one attached hydrogen (secondary N) is 1. The van der Waals surface area contributed by atoms with E-state index < -0.39 is 12.5 Å². The number of aliphatic hydroxyl groups excluding tert-OH is 2. The molecule has 1 saturated heterocycles. The Kier molecular flexibility index (Phi) is 2.37. The Labute approximate surface area is 86.8 Å². The van der Waals surface area contributed by atoms with Crippen molar-refractivity contribution in [1.82, 2.24) is 5.32 Å². The maximum absolute atomic E-state index is 9.61. The number of aliphatic hydroxyl groups is 2. The number of hydrogen-bond donors (Lipinski definition) is 3. The Bertz CT molecular complexity index is 344. The van der Waals surface area contributed by atoms with Gasteiger partial charge in [0, 0.05) is 5.69 Å². The van der Waals surface area contributed by atoms with E-state index in [4.69, 9.17) is 12.2 Å². The number of hydrogen-bond acceptors (Lipinski definition) is 3. The first-order valence-corrected chi connectivity index (χ1v) is 4.62. The molecule has 0 bridgehead atoms. The summed E-state index contributed by atoms with van der Waals surface area (Å²) >= 11 is 4.97. The third-order valence-corrected chi connectivity index (χ3v) is 2.39. The first-order valence-electron chi connectivity index (χ1n) is 4.21. The van der Waals surface area contributed by atoms with Crippen LogP contribution in [0.15, 0.2) is 30.3 Å². The van der Waals surface area contributed by atoms with E-state index in [1.165, 1.54) is 4.90 Å². The summed E-state index contributed by atoms with van der Waals surface area (Å²) < 4.78 is 0. The van der Waals surface area contributed by atoms with Gasteiger partial charge in [0.25, 0.3) is 0 Å². The van der Waals surface area contributed by atoms with Crippen LogP contribution in [0.4, 0.5) is 5.69 Å². The fourth-order valence-corrected chi connectivity index (χ4v) is 1.72. The van der Waals surface area contributed by atoms with Gasteiger partial charge in [-0.05, 0) is 24.4 Å². The first-order chi connectivity index (χ1) is 6.70. The smallest absolute Gasteiger partial charge is 0.178 e. The van der Waals surface area contributed by atoms with E-state index >= 15 is 0 Å². The molecule has 2 rings (SSSR count). The predicted octanol–water partition coefficient (Wildman–Crippen LogP) is 0.0179. The molecule has 1 aliphatic heterocycles. The molecule has 0 aliphatic carbocycles. The lowest BCUT2D eigenvalue weighted by Crippen LogP contribution is -2.36. The van der Waals surface area contributed by atoms with E-state index in [0.717, 1.165) is 5.69 Å². The molecule has 0 spiro atoms. The van der Waals surface area contributed by atoms with Crippen molar-refractivity contribution >= 4 is 23.0 Å². The minimum atomic E-state index is -1.03. The topological polar surface area (TPSA) is 55.7 Å². The van der Waals surface area contributed by atoms with Gasteiger partial charge >= 0.3 is 0 Å². The fraction of sp³-hybridized carbons (Fsp3) is 0.222. The van der Waals surface area contributed by atoms with Gasteiger partial charge in [0.2, 0.25) is 0 Å². The molecule has 1 aromatic carbocycles. The van der Waals surface area contributed by atoms with Gasteiger partial charge in [0.05, 0.1) is 0 Å². The molecule has 1 heterocycles. The Hall–Kier alpha value is -1.17. The minimum absolute atomic E-state index is 0.330. The van der Waals surface area contributed by atoms with Crippen LogP contribution in [0, 0.1) is 0 Å². The van der Waals surface area contributed by atoms with Gasteiger partial charge in [0.1, 0.15) is 0 Å². The summed E-state index contributed by atoms with van der Waals surface area (Å²) in [5, 5.41) is 21.8. The van der Waals surface area contributed by atoms with Gasteiger partial charge in [-0.25, -0.2) is 0 Å². The normalized spacial score (nSPS) is 26.4. The highest BCUT2D eigenvalue weighted by molar-refractivity contribution is 7.80. The van der Waals surface area contributed by atoms with Crippen LogP contribution in [-0.2, 0) is 0 Å². The van der Waals surface area contributed by atoms with Crippen molar-refractivity contribution in [3.63, 3.8) is 0 Å². The van der Waals surface area contributed by atoms with Crippen molar-refractivity contribution in [2.45, 2.75) is 12.5 Å². The van der Waals surface area contributed by atoms with Gasteiger partial charge in [-0.1, -0.05) is 18.2 Å². The highest BCUT2D eigenvalue weighted by Gasteiger charge is 2.34. The van der Waals surface area contributed by atoms with Crippen molar-refractivity contribution in [3.05, 3.63) is 30.3 Å². The van der Waals surface area contributed by atoms with Crippen LogP contribution >= 0.6 is 12.2 Å². The minimum Gasteiger partial charge on any atom is -0.369 e. The first kappa shape index (κ1) is 9.39. The number of rotatable bonds is 1. The maximum Gasteiger partial charge on any atom is 0.178 e. The quantitative estimate of drug-likeness (QED) is 0.570. The van der Waals surface area contributed by atoms with Crippen LogP contribution < -0.4 is 10.2 Å². The van der Waals surface area contributed by atoms with Crippen molar-refractivity contribution in [1.29, 1.82) is 0 Å². The number of thiocarbonyl (C=S) groups is 1. The molecule has 1 aliphatic rings. The number of para-hydroxylation sites is 1. The molecular formula is C9H10N2O2S. The average Bonchev–Trinajstić information content (AvgIpc) is 2.43. The molecule has 0 saturated carbocycles. The Morgan fingerprint density at radius 3 is 2.36 bits per heavy atom. The highest BCUT2D eigenvalue weighted by atomic mass is 32.1. The lowest BCUT2D eigenvalue weighted by atomic mass is 10.3. The summed E-state index contributed by atoms with van der Waals surface area (Å²) in [5.74, 6) is 0. The van der Waals surface area contributed by atoms with Crippen molar-refractivity contribution in [3.8, 4) is 0 Å². The zero-order valence-corrected chi connectivity index (χ0v) is 8.11. The third kappa shape index (κ3) is 1.45. The summed E-state index contributed by atoms with van der Waals surface area (Å²) in [7, 11) is 0. The molecule has 0 radical (unpaired) electrons. The molecular weight excluding hydrogens is 200 g/mol. The lowest BCUT2D eigenvalue weighted by Gasteiger charge is -2.20. The molecule has 1 fully saturated rings. The van der Waals surface area contributed by atoms with Crippen LogP contribution in [0.1, 0.15) is 0 Å². The molecule has 74 valence electrons. The zero-order valence-electron chi connectivity index (χ0n) is 7.29. The molecule has 5 heteroatoms. The van der Waals surface area contributed by atoms with Crippen LogP contribution in [-0.4, -0.2) is 27.8 Å². The van der Waals surface area contributed by atoms with E-state index in [9.17, 15) is 10.2 Å². The van der Waals surface area contributed by atoms with Crippen molar-refractivity contribution in [2.24, 2.45) is 0 Å². The summed E-state index contributed by atoms with van der Waals surface area (Å²) in [6, 6.07) is 9.19. The van der Waals surface area contributed by atoms with Gasteiger partial charge in [-0.15, -0.1) is 0 Å². The van der Waals surface area contributed by atoms with Crippen LogP contribution in [0.5, 0.6) is 0 Å². The zero-order chi connectivity index (χ0) is 10.1. The van der Waals surface area contributed by atoms with Gasteiger partial charge in [0.15, 0.2) is 17.6 Å². The molecule has 0 aromatic heterocycles. The van der Waals surface area contributed by atoms with Gasteiger partial charge in [-0.2, -0.15) is 0 Å². The lowest BCUT2D eigenvalue weighted by molar-refractivity contribution is 0.0332. The maximum atomic E-state index is 9.61. The molecule has 1 aromatic rings. The molecule has 4 nitrogen and oxygen atoms in total. The van der Waals surface area contributed by atoms with E-state index in [0.29, 0.717) is 5.11 Å². The summed E-state index contributed by atoms with van der Waals surface area (Å²) in [5.41, 5.74) is 0.758. The van der Waals surface area contributed by atoms with E-state index in [2.05, 4.69) is 5.32 Å². The van der Waals surface area contributed by atoms with Crippen LogP contribution in [0.2, 0.25) is 0 Å². The monoisotopic (exact) mass is 210 g/mol. The highest BCUT2D eigenvalue weighted by Crippen LogP contribution is 2.20. The average molecular weight is 210 g/mol. The molecule has 2 atom stereocenters. The largest absolute Gasteiger partial charge is 0.369 e.